The second-order valence-corrected chi connectivity index (χ2v) is 9.84. The van der Waals surface area contributed by atoms with Gasteiger partial charge in [-0.3, -0.25) is 9.59 Å². The summed E-state index contributed by atoms with van der Waals surface area (Å²) in [5.74, 6) is 0.467. The second kappa shape index (κ2) is 14.2. The number of halogens is 1. The quantitative estimate of drug-likeness (QED) is 0.231. The molecule has 0 radical (unpaired) electrons. The first-order valence-corrected chi connectivity index (χ1v) is 13.4. The third-order valence-corrected chi connectivity index (χ3v) is 6.89. The van der Waals surface area contributed by atoms with Gasteiger partial charge in [-0.05, 0) is 52.9 Å². The summed E-state index contributed by atoms with van der Waals surface area (Å²) in [6.07, 6.45) is 1.31. The van der Waals surface area contributed by atoms with Crippen LogP contribution in [0.15, 0.2) is 109 Å². The molecule has 1 unspecified atom stereocenters. The Morgan fingerprint density at radius 2 is 1.36 bits per heavy atom. The number of amides is 2. The van der Waals surface area contributed by atoms with Crippen LogP contribution in [-0.4, -0.2) is 29.9 Å². The minimum atomic E-state index is -0.690. The second-order valence-electron chi connectivity index (χ2n) is 9.41. The molecule has 1 atom stereocenters. The molecule has 0 aromatic heterocycles. The van der Waals surface area contributed by atoms with E-state index in [0.717, 1.165) is 28.0 Å². The van der Waals surface area contributed by atoms with Crippen molar-refractivity contribution < 1.29 is 14.3 Å². The number of nitrogens with zero attached hydrogens (tertiary/aromatic N) is 1. The summed E-state index contributed by atoms with van der Waals surface area (Å²) >= 11 is 6.02. The van der Waals surface area contributed by atoms with Gasteiger partial charge in [0, 0.05) is 31.0 Å². The monoisotopic (exact) mass is 540 g/mol. The van der Waals surface area contributed by atoms with E-state index < -0.39 is 6.04 Å². The van der Waals surface area contributed by atoms with Crippen molar-refractivity contribution in [2.45, 2.75) is 38.4 Å². The summed E-state index contributed by atoms with van der Waals surface area (Å²) in [4.78, 5) is 29.3. The van der Waals surface area contributed by atoms with Gasteiger partial charge in [-0.1, -0.05) is 96.5 Å². The molecule has 0 aliphatic carbocycles. The van der Waals surface area contributed by atoms with E-state index in [-0.39, 0.29) is 11.8 Å². The SMILES string of the molecule is COc1ccc(CN(C(=O)CCc2ccccc2)C(Cc2ccccc2)C(=O)NCc2ccc(Cl)cc2)cc1. The van der Waals surface area contributed by atoms with Gasteiger partial charge >= 0.3 is 0 Å². The molecule has 0 saturated heterocycles. The smallest absolute Gasteiger partial charge is 0.243 e. The molecular weight excluding hydrogens is 508 g/mol. The van der Waals surface area contributed by atoms with E-state index in [4.69, 9.17) is 16.3 Å². The van der Waals surface area contributed by atoms with Gasteiger partial charge in [0.05, 0.1) is 7.11 Å². The number of carbonyl (C=O) groups is 2. The van der Waals surface area contributed by atoms with Crippen LogP contribution in [0.25, 0.3) is 0 Å². The number of ether oxygens (including phenoxy) is 1. The average molecular weight is 541 g/mol. The number of benzene rings is 4. The maximum absolute atomic E-state index is 13.8. The van der Waals surface area contributed by atoms with Gasteiger partial charge in [0.1, 0.15) is 11.8 Å². The highest BCUT2D eigenvalue weighted by Crippen LogP contribution is 2.19. The molecule has 0 bridgehead atoms. The van der Waals surface area contributed by atoms with Crippen molar-refractivity contribution in [3.8, 4) is 5.75 Å². The molecule has 0 saturated carbocycles. The van der Waals surface area contributed by atoms with E-state index in [1.807, 2.05) is 97.1 Å². The molecule has 2 amide bonds. The van der Waals surface area contributed by atoms with Gasteiger partial charge in [-0.25, -0.2) is 0 Å². The standard InChI is InChI=1S/C33H33ClN2O3/c1-39-30-19-14-28(15-20-30)24-36(32(37)21-16-25-8-4-2-5-9-25)31(22-26-10-6-3-7-11-26)33(38)35-23-27-12-17-29(34)18-13-27/h2-15,17-20,31H,16,21-24H2,1H3,(H,35,38). The molecule has 6 heteroatoms. The van der Waals surface area contributed by atoms with E-state index in [9.17, 15) is 9.59 Å². The van der Waals surface area contributed by atoms with Crippen LogP contribution in [0.2, 0.25) is 5.02 Å². The lowest BCUT2D eigenvalue weighted by Crippen LogP contribution is -2.50. The van der Waals surface area contributed by atoms with Crippen LogP contribution in [0.4, 0.5) is 0 Å². The van der Waals surface area contributed by atoms with Crippen LogP contribution in [0.5, 0.6) is 5.75 Å². The predicted molar refractivity (Wildman–Crippen MR) is 156 cm³/mol. The summed E-state index contributed by atoms with van der Waals surface area (Å²) < 4.78 is 5.30. The Morgan fingerprint density at radius 3 is 1.97 bits per heavy atom. The maximum atomic E-state index is 13.8. The fourth-order valence-electron chi connectivity index (χ4n) is 4.43. The number of hydrogen-bond donors (Lipinski definition) is 1. The third kappa shape index (κ3) is 8.45. The van der Waals surface area contributed by atoms with Crippen molar-refractivity contribution in [1.82, 2.24) is 10.2 Å². The van der Waals surface area contributed by atoms with E-state index >= 15 is 0 Å². The summed E-state index contributed by atoms with van der Waals surface area (Å²) in [5.41, 5.74) is 3.93. The van der Waals surface area contributed by atoms with Crippen LogP contribution in [0, 0.1) is 0 Å². The first-order valence-electron chi connectivity index (χ1n) is 13.0. The Morgan fingerprint density at radius 1 is 0.769 bits per heavy atom. The first-order chi connectivity index (χ1) is 19.0. The van der Waals surface area contributed by atoms with Gasteiger partial charge < -0.3 is 15.0 Å². The van der Waals surface area contributed by atoms with Crippen molar-refractivity contribution in [3.05, 3.63) is 136 Å². The Kier molecular flexibility index (Phi) is 10.1. The molecule has 1 N–H and O–H groups in total. The Labute approximate surface area is 235 Å². The molecule has 4 aromatic rings. The fourth-order valence-corrected chi connectivity index (χ4v) is 4.56. The van der Waals surface area contributed by atoms with Crippen LogP contribution in [0.3, 0.4) is 0 Å². The zero-order chi connectivity index (χ0) is 27.5. The maximum Gasteiger partial charge on any atom is 0.243 e. The largest absolute Gasteiger partial charge is 0.497 e. The summed E-state index contributed by atoms with van der Waals surface area (Å²) in [6.45, 7) is 0.652. The molecule has 4 aromatic carbocycles. The summed E-state index contributed by atoms with van der Waals surface area (Å²) in [6, 6.07) is 34.0. The van der Waals surface area contributed by atoms with E-state index in [2.05, 4.69) is 5.32 Å². The minimum Gasteiger partial charge on any atom is -0.497 e. The molecule has 0 fully saturated rings. The Hall–Kier alpha value is -4.09. The molecule has 200 valence electrons. The highest BCUT2D eigenvalue weighted by Gasteiger charge is 2.30. The topological polar surface area (TPSA) is 58.6 Å². The van der Waals surface area contributed by atoms with Crippen LogP contribution < -0.4 is 10.1 Å². The average Bonchev–Trinajstić information content (AvgIpc) is 2.98. The fraction of sp³-hybridized carbons (Fsp3) is 0.212. The minimum absolute atomic E-state index is 0.0720. The van der Waals surface area contributed by atoms with Crippen LogP contribution in [-0.2, 0) is 35.5 Å². The normalized spacial score (nSPS) is 11.4. The molecule has 39 heavy (non-hydrogen) atoms. The lowest BCUT2D eigenvalue weighted by Gasteiger charge is -2.32. The van der Waals surface area contributed by atoms with Gasteiger partial charge in [-0.2, -0.15) is 0 Å². The summed E-state index contributed by atoms with van der Waals surface area (Å²) in [5, 5.41) is 3.70. The van der Waals surface area contributed by atoms with Gasteiger partial charge in [-0.15, -0.1) is 0 Å². The van der Waals surface area contributed by atoms with Gasteiger partial charge in [0.25, 0.3) is 0 Å². The number of methoxy groups -OCH3 is 1. The number of hydrogen-bond acceptors (Lipinski definition) is 3. The van der Waals surface area contributed by atoms with Crippen molar-refractivity contribution in [2.75, 3.05) is 7.11 Å². The molecule has 0 heterocycles. The van der Waals surface area contributed by atoms with Crippen LogP contribution in [0.1, 0.15) is 28.7 Å². The number of rotatable bonds is 12. The van der Waals surface area contributed by atoms with Crippen molar-refractivity contribution in [1.29, 1.82) is 0 Å². The van der Waals surface area contributed by atoms with Crippen molar-refractivity contribution in [2.24, 2.45) is 0 Å². The third-order valence-electron chi connectivity index (χ3n) is 6.63. The zero-order valence-corrected chi connectivity index (χ0v) is 22.8. The first kappa shape index (κ1) is 27.9. The Bertz CT molecular complexity index is 1330. The Balaban J connectivity index is 1.60. The highest BCUT2D eigenvalue weighted by molar-refractivity contribution is 6.30. The van der Waals surface area contributed by atoms with Crippen molar-refractivity contribution >= 4 is 23.4 Å². The van der Waals surface area contributed by atoms with E-state index in [0.29, 0.717) is 37.4 Å². The molecule has 0 spiro atoms. The van der Waals surface area contributed by atoms with E-state index in [1.165, 1.54) is 0 Å². The molecular formula is C33H33ClN2O3. The van der Waals surface area contributed by atoms with Crippen LogP contribution >= 0.6 is 11.6 Å². The molecule has 5 nitrogen and oxygen atoms in total. The number of aryl methyl sites for hydroxylation is 1. The molecule has 0 aliphatic rings. The molecule has 0 aliphatic heterocycles. The molecule has 4 rings (SSSR count). The van der Waals surface area contributed by atoms with Gasteiger partial charge in [0.2, 0.25) is 11.8 Å². The lowest BCUT2D eigenvalue weighted by atomic mass is 10.0. The zero-order valence-electron chi connectivity index (χ0n) is 22.1. The highest BCUT2D eigenvalue weighted by atomic mass is 35.5. The number of carbonyl (C=O) groups excluding carboxylic acids is 2. The predicted octanol–water partition coefficient (Wildman–Crippen LogP) is 6.24. The summed E-state index contributed by atoms with van der Waals surface area (Å²) in [7, 11) is 1.62. The van der Waals surface area contributed by atoms with Gasteiger partial charge in [0.15, 0.2) is 0 Å². The number of nitrogens with one attached hydrogen (secondary N) is 1. The lowest BCUT2D eigenvalue weighted by molar-refractivity contribution is -0.141. The van der Waals surface area contributed by atoms with Crippen molar-refractivity contribution in [3.63, 3.8) is 0 Å². The van der Waals surface area contributed by atoms with E-state index in [1.54, 1.807) is 24.1 Å².